The third-order valence-electron chi connectivity index (χ3n) is 3.92. The van der Waals surface area contributed by atoms with Gasteiger partial charge in [0.15, 0.2) is 0 Å². The Labute approximate surface area is 127 Å². The number of nitro benzene ring substituents is 1. The van der Waals surface area contributed by atoms with Crippen molar-refractivity contribution in [1.82, 2.24) is 9.78 Å². The van der Waals surface area contributed by atoms with Crippen molar-refractivity contribution in [2.24, 2.45) is 0 Å². The molecule has 1 fully saturated rings. The zero-order valence-corrected chi connectivity index (χ0v) is 11.9. The molecule has 1 amide bonds. The molecule has 22 heavy (non-hydrogen) atoms. The number of nitro groups is 1. The summed E-state index contributed by atoms with van der Waals surface area (Å²) in [4.78, 5) is 22.4. The molecule has 1 heterocycles. The monoisotopic (exact) mass is 300 g/mol. The predicted molar refractivity (Wildman–Crippen MR) is 80.8 cm³/mol. The van der Waals surface area contributed by atoms with E-state index in [2.05, 4.69) is 10.4 Å². The van der Waals surface area contributed by atoms with Crippen molar-refractivity contribution in [2.45, 2.75) is 31.7 Å². The summed E-state index contributed by atoms with van der Waals surface area (Å²) in [5.74, 6) is 0.366. The standard InChI is InChI=1S/C15H16N4O3/c20-15(11-5-7-13(8-6-11)19(21)22)17-14-9-10-16-18(14)12-3-1-2-4-12/h5-10,12H,1-4H2,(H,17,20). The lowest BCUT2D eigenvalue weighted by atomic mass is 10.2. The Morgan fingerprint density at radius 3 is 2.55 bits per heavy atom. The Balaban J connectivity index is 1.74. The first-order chi connectivity index (χ1) is 10.6. The highest BCUT2D eigenvalue weighted by Crippen LogP contribution is 2.31. The summed E-state index contributed by atoms with van der Waals surface area (Å²) in [7, 11) is 0. The van der Waals surface area contributed by atoms with Gasteiger partial charge in [-0.15, -0.1) is 0 Å². The Bertz CT molecular complexity index is 687. The Hall–Kier alpha value is -2.70. The SMILES string of the molecule is O=C(Nc1ccnn1C1CCCC1)c1ccc([N+](=O)[O-])cc1. The molecular weight excluding hydrogens is 284 g/mol. The van der Waals surface area contributed by atoms with Crippen LogP contribution in [0.3, 0.4) is 0 Å². The lowest BCUT2D eigenvalue weighted by molar-refractivity contribution is -0.384. The minimum Gasteiger partial charge on any atom is -0.307 e. The molecule has 1 saturated carbocycles. The summed E-state index contributed by atoms with van der Waals surface area (Å²) in [6, 6.07) is 7.64. The molecule has 0 bridgehead atoms. The molecule has 0 atom stereocenters. The fraction of sp³-hybridized carbons (Fsp3) is 0.333. The van der Waals surface area contributed by atoms with E-state index in [0.29, 0.717) is 17.4 Å². The van der Waals surface area contributed by atoms with Gasteiger partial charge in [0.05, 0.1) is 17.2 Å². The number of carbonyl (C=O) groups is 1. The van der Waals surface area contributed by atoms with Crippen LogP contribution in [-0.4, -0.2) is 20.6 Å². The number of anilines is 1. The van der Waals surface area contributed by atoms with Crippen LogP contribution in [0.5, 0.6) is 0 Å². The van der Waals surface area contributed by atoms with Gasteiger partial charge in [-0.3, -0.25) is 14.9 Å². The van der Waals surface area contributed by atoms with Crippen molar-refractivity contribution >= 4 is 17.4 Å². The van der Waals surface area contributed by atoms with Gasteiger partial charge in [0.2, 0.25) is 0 Å². The molecule has 0 aliphatic heterocycles. The van der Waals surface area contributed by atoms with Crippen LogP contribution in [0.1, 0.15) is 42.1 Å². The zero-order valence-electron chi connectivity index (χ0n) is 11.9. The van der Waals surface area contributed by atoms with E-state index in [-0.39, 0.29) is 11.6 Å². The van der Waals surface area contributed by atoms with Gasteiger partial charge in [-0.05, 0) is 25.0 Å². The normalized spacial score (nSPS) is 14.9. The maximum Gasteiger partial charge on any atom is 0.269 e. The molecular formula is C15H16N4O3. The first-order valence-corrected chi connectivity index (χ1v) is 7.24. The van der Waals surface area contributed by atoms with Crippen LogP contribution in [-0.2, 0) is 0 Å². The Morgan fingerprint density at radius 1 is 1.23 bits per heavy atom. The molecule has 3 rings (SSSR count). The molecule has 0 radical (unpaired) electrons. The third kappa shape index (κ3) is 2.83. The molecule has 0 spiro atoms. The fourth-order valence-corrected chi connectivity index (χ4v) is 2.78. The van der Waals surface area contributed by atoms with Crippen LogP contribution in [0, 0.1) is 10.1 Å². The van der Waals surface area contributed by atoms with Crippen LogP contribution in [0.2, 0.25) is 0 Å². The zero-order chi connectivity index (χ0) is 15.5. The van der Waals surface area contributed by atoms with Crippen molar-refractivity contribution in [3.05, 3.63) is 52.2 Å². The molecule has 7 heteroatoms. The predicted octanol–water partition coefficient (Wildman–Crippen LogP) is 3.16. The first-order valence-electron chi connectivity index (χ1n) is 7.24. The van der Waals surface area contributed by atoms with Gasteiger partial charge in [-0.1, -0.05) is 12.8 Å². The van der Waals surface area contributed by atoms with E-state index >= 15 is 0 Å². The van der Waals surface area contributed by atoms with Crippen LogP contribution >= 0.6 is 0 Å². The fourth-order valence-electron chi connectivity index (χ4n) is 2.78. The molecule has 1 aromatic carbocycles. The van der Waals surface area contributed by atoms with Gasteiger partial charge in [0.25, 0.3) is 11.6 Å². The number of nitrogens with one attached hydrogen (secondary N) is 1. The second-order valence-corrected chi connectivity index (χ2v) is 5.36. The van der Waals surface area contributed by atoms with Crippen molar-refractivity contribution in [3.63, 3.8) is 0 Å². The third-order valence-corrected chi connectivity index (χ3v) is 3.92. The molecule has 2 aromatic rings. The quantitative estimate of drug-likeness (QED) is 0.693. The van der Waals surface area contributed by atoms with E-state index < -0.39 is 4.92 Å². The van der Waals surface area contributed by atoms with Gasteiger partial charge in [-0.2, -0.15) is 5.10 Å². The summed E-state index contributed by atoms with van der Waals surface area (Å²) in [6.07, 6.45) is 6.18. The van der Waals surface area contributed by atoms with E-state index in [1.165, 1.54) is 37.1 Å². The highest BCUT2D eigenvalue weighted by atomic mass is 16.6. The lowest BCUT2D eigenvalue weighted by Crippen LogP contribution is -2.17. The summed E-state index contributed by atoms with van der Waals surface area (Å²) >= 11 is 0. The Morgan fingerprint density at radius 2 is 1.91 bits per heavy atom. The summed E-state index contributed by atoms with van der Waals surface area (Å²) in [6.45, 7) is 0. The average molecular weight is 300 g/mol. The lowest BCUT2D eigenvalue weighted by Gasteiger charge is -2.14. The van der Waals surface area contributed by atoms with Gasteiger partial charge in [0, 0.05) is 23.8 Å². The molecule has 1 aliphatic carbocycles. The van der Waals surface area contributed by atoms with E-state index in [4.69, 9.17) is 0 Å². The first kappa shape index (κ1) is 14.2. The number of amides is 1. The Kier molecular flexibility index (Phi) is 3.86. The van der Waals surface area contributed by atoms with Crippen molar-refractivity contribution < 1.29 is 9.72 Å². The second-order valence-electron chi connectivity index (χ2n) is 5.36. The maximum absolute atomic E-state index is 12.2. The van der Waals surface area contributed by atoms with Gasteiger partial charge in [-0.25, -0.2) is 4.68 Å². The van der Waals surface area contributed by atoms with E-state index in [9.17, 15) is 14.9 Å². The second kappa shape index (κ2) is 5.97. The molecule has 114 valence electrons. The number of hydrogen-bond acceptors (Lipinski definition) is 4. The van der Waals surface area contributed by atoms with E-state index in [1.807, 2.05) is 4.68 Å². The van der Waals surface area contributed by atoms with Gasteiger partial charge in [0.1, 0.15) is 5.82 Å². The summed E-state index contributed by atoms with van der Waals surface area (Å²) in [5, 5.41) is 17.7. The highest BCUT2D eigenvalue weighted by Gasteiger charge is 2.20. The number of rotatable bonds is 4. The molecule has 1 N–H and O–H groups in total. The van der Waals surface area contributed by atoms with Crippen LogP contribution in [0.15, 0.2) is 36.5 Å². The average Bonchev–Trinajstić information content (AvgIpc) is 3.18. The minimum absolute atomic E-state index is 0.0347. The maximum atomic E-state index is 12.2. The van der Waals surface area contributed by atoms with Crippen LogP contribution < -0.4 is 5.32 Å². The topological polar surface area (TPSA) is 90.1 Å². The number of aromatic nitrogens is 2. The van der Waals surface area contributed by atoms with Crippen molar-refractivity contribution in [2.75, 3.05) is 5.32 Å². The smallest absolute Gasteiger partial charge is 0.269 e. The molecule has 0 saturated heterocycles. The van der Waals surface area contributed by atoms with E-state index in [0.717, 1.165) is 12.8 Å². The number of carbonyl (C=O) groups excluding carboxylic acids is 1. The number of benzene rings is 1. The van der Waals surface area contributed by atoms with Crippen LogP contribution in [0.4, 0.5) is 11.5 Å². The van der Waals surface area contributed by atoms with E-state index in [1.54, 1.807) is 12.3 Å². The van der Waals surface area contributed by atoms with Crippen molar-refractivity contribution in [3.8, 4) is 0 Å². The number of non-ortho nitro benzene ring substituents is 1. The highest BCUT2D eigenvalue weighted by molar-refractivity contribution is 6.03. The van der Waals surface area contributed by atoms with Gasteiger partial charge < -0.3 is 5.32 Å². The van der Waals surface area contributed by atoms with Crippen LogP contribution in [0.25, 0.3) is 0 Å². The molecule has 1 aliphatic rings. The number of nitrogens with zero attached hydrogens (tertiary/aromatic N) is 3. The van der Waals surface area contributed by atoms with Crippen molar-refractivity contribution in [1.29, 1.82) is 0 Å². The molecule has 0 unspecified atom stereocenters. The van der Waals surface area contributed by atoms with Gasteiger partial charge >= 0.3 is 0 Å². The summed E-state index contributed by atoms with van der Waals surface area (Å²) < 4.78 is 1.86. The number of hydrogen-bond donors (Lipinski definition) is 1. The molecule has 1 aromatic heterocycles. The summed E-state index contributed by atoms with van der Waals surface area (Å²) in [5.41, 5.74) is 0.345. The molecule has 7 nitrogen and oxygen atoms in total. The largest absolute Gasteiger partial charge is 0.307 e. The minimum atomic E-state index is -0.489.